The predicted octanol–water partition coefficient (Wildman–Crippen LogP) is 1.41. The molecule has 1 fully saturated rings. The Morgan fingerprint density at radius 2 is 1.83 bits per heavy atom. The van der Waals surface area contributed by atoms with E-state index in [1.807, 2.05) is 33.8 Å². The summed E-state index contributed by atoms with van der Waals surface area (Å²) >= 11 is 0. The average Bonchev–Trinajstić information content (AvgIpc) is 2.94. The zero-order valence-electron chi connectivity index (χ0n) is 17.4. The fraction of sp³-hybridized carbons (Fsp3) is 0.524. The van der Waals surface area contributed by atoms with E-state index in [1.165, 1.54) is 0 Å². The van der Waals surface area contributed by atoms with Gasteiger partial charge in [0.25, 0.3) is 5.91 Å². The molecule has 2 N–H and O–H groups in total. The van der Waals surface area contributed by atoms with Gasteiger partial charge >= 0.3 is 0 Å². The molecule has 1 atom stereocenters. The second kappa shape index (κ2) is 7.50. The summed E-state index contributed by atoms with van der Waals surface area (Å²) in [7, 11) is 0. The molecule has 0 radical (unpaired) electrons. The van der Waals surface area contributed by atoms with Crippen molar-refractivity contribution in [2.75, 3.05) is 18.0 Å². The van der Waals surface area contributed by atoms with Gasteiger partial charge in [-0.1, -0.05) is 12.1 Å². The first-order chi connectivity index (χ1) is 13.5. The second-order valence-corrected chi connectivity index (χ2v) is 8.74. The van der Waals surface area contributed by atoms with E-state index in [4.69, 9.17) is 0 Å². The van der Waals surface area contributed by atoms with Crippen molar-refractivity contribution in [3.8, 4) is 0 Å². The van der Waals surface area contributed by atoms with Crippen LogP contribution in [0.25, 0.3) is 0 Å². The summed E-state index contributed by atoms with van der Waals surface area (Å²) in [4.78, 5) is 53.0. The summed E-state index contributed by atoms with van der Waals surface area (Å²) < 4.78 is 0. The van der Waals surface area contributed by atoms with Gasteiger partial charge in [0, 0.05) is 24.9 Å². The first-order valence-electron chi connectivity index (χ1n) is 9.85. The lowest BCUT2D eigenvalue weighted by atomic mass is 9.98. The molecule has 8 heteroatoms. The molecule has 0 unspecified atom stereocenters. The van der Waals surface area contributed by atoms with Gasteiger partial charge in [0.15, 0.2) is 0 Å². The highest BCUT2D eigenvalue weighted by Crippen LogP contribution is 2.43. The quantitative estimate of drug-likeness (QED) is 0.781. The van der Waals surface area contributed by atoms with E-state index in [1.54, 1.807) is 28.0 Å². The van der Waals surface area contributed by atoms with Crippen LogP contribution in [0.4, 0.5) is 5.69 Å². The molecule has 0 spiro atoms. The zero-order valence-corrected chi connectivity index (χ0v) is 17.4. The molecule has 1 aromatic carbocycles. The Morgan fingerprint density at radius 3 is 2.52 bits per heavy atom. The summed E-state index contributed by atoms with van der Waals surface area (Å²) in [5, 5.41) is 5.37. The van der Waals surface area contributed by atoms with Crippen molar-refractivity contribution in [3.63, 3.8) is 0 Å². The van der Waals surface area contributed by atoms with Crippen molar-refractivity contribution >= 4 is 29.3 Å². The van der Waals surface area contributed by atoms with Crippen molar-refractivity contribution in [2.45, 2.75) is 58.2 Å². The molecule has 4 amide bonds. The number of anilines is 1. The van der Waals surface area contributed by atoms with E-state index in [-0.39, 0.29) is 48.7 Å². The number of benzene rings is 1. The molecular formula is C21H28N4O4. The number of fused-ring (bicyclic) bond motifs is 3. The molecular weight excluding hydrogens is 372 g/mol. The number of rotatable bonds is 5. The number of carbonyl (C=O) groups is 4. The van der Waals surface area contributed by atoms with Crippen LogP contribution in [0, 0.1) is 0 Å². The van der Waals surface area contributed by atoms with Crippen LogP contribution in [0.15, 0.2) is 24.3 Å². The molecule has 0 aromatic heterocycles. The van der Waals surface area contributed by atoms with Gasteiger partial charge in [-0.15, -0.1) is 0 Å². The normalized spacial score (nSPS) is 21.0. The van der Waals surface area contributed by atoms with Crippen LogP contribution in [0.2, 0.25) is 0 Å². The number of para-hydroxylation sites is 1. The van der Waals surface area contributed by atoms with Gasteiger partial charge in [-0.05, 0) is 46.2 Å². The zero-order chi connectivity index (χ0) is 21.4. The summed E-state index contributed by atoms with van der Waals surface area (Å²) in [5.74, 6) is -0.804. The highest BCUT2D eigenvalue weighted by Gasteiger charge is 2.52. The third-order valence-corrected chi connectivity index (χ3v) is 5.27. The molecule has 3 rings (SSSR count). The summed E-state index contributed by atoms with van der Waals surface area (Å²) in [6.45, 7) is 7.50. The van der Waals surface area contributed by atoms with Crippen LogP contribution in [0.5, 0.6) is 0 Å². The maximum atomic E-state index is 13.1. The molecule has 156 valence electrons. The van der Waals surface area contributed by atoms with Crippen LogP contribution in [0.1, 0.15) is 57.3 Å². The Kier molecular flexibility index (Phi) is 5.38. The molecule has 0 bridgehead atoms. The Bertz CT molecular complexity index is 860. The molecule has 8 nitrogen and oxygen atoms in total. The van der Waals surface area contributed by atoms with Gasteiger partial charge in [0.1, 0.15) is 5.66 Å². The van der Waals surface area contributed by atoms with Crippen LogP contribution >= 0.6 is 0 Å². The molecule has 2 aliphatic heterocycles. The van der Waals surface area contributed by atoms with Crippen molar-refractivity contribution in [1.82, 2.24) is 15.5 Å². The van der Waals surface area contributed by atoms with Crippen molar-refractivity contribution < 1.29 is 19.2 Å². The smallest absolute Gasteiger partial charge is 0.257 e. The Labute approximate surface area is 170 Å². The number of nitrogens with zero attached hydrogens (tertiary/aromatic N) is 2. The minimum Gasteiger partial charge on any atom is -0.350 e. The predicted molar refractivity (Wildman–Crippen MR) is 108 cm³/mol. The number of amides is 4. The van der Waals surface area contributed by atoms with E-state index in [0.717, 1.165) is 0 Å². The van der Waals surface area contributed by atoms with E-state index >= 15 is 0 Å². The first kappa shape index (κ1) is 20.8. The Balaban J connectivity index is 1.68. The van der Waals surface area contributed by atoms with Gasteiger partial charge in [-0.25, -0.2) is 0 Å². The summed E-state index contributed by atoms with van der Waals surface area (Å²) in [6, 6.07) is 7.06. The highest BCUT2D eigenvalue weighted by molar-refractivity contribution is 6.10. The van der Waals surface area contributed by atoms with Gasteiger partial charge in [0.2, 0.25) is 17.7 Å². The van der Waals surface area contributed by atoms with Crippen molar-refractivity contribution in [3.05, 3.63) is 29.8 Å². The molecule has 2 aliphatic rings. The third-order valence-electron chi connectivity index (χ3n) is 5.27. The molecule has 0 saturated carbocycles. The molecule has 0 aliphatic carbocycles. The van der Waals surface area contributed by atoms with Gasteiger partial charge in [0.05, 0.1) is 17.8 Å². The van der Waals surface area contributed by atoms with Gasteiger partial charge < -0.3 is 15.5 Å². The first-order valence-corrected chi connectivity index (χ1v) is 9.85. The average molecular weight is 400 g/mol. The second-order valence-electron chi connectivity index (χ2n) is 8.74. The Hall–Kier alpha value is -2.90. The third kappa shape index (κ3) is 4.11. The van der Waals surface area contributed by atoms with E-state index in [9.17, 15) is 19.2 Å². The largest absolute Gasteiger partial charge is 0.350 e. The topological polar surface area (TPSA) is 98.8 Å². The van der Waals surface area contributed by atoms with E-state index in [2.05, 4.69) is 10.6 Å². The fourth-order valence-corrected chi connectivity index (χ4v) is 3.98. The minimum atomic E-state index is -0.785. The maximum absolute atomic E-state index is 13.1. The highest BCUT2D eigenvalue weighted by atomic mass is 16.2. The lowest BCUT2D eigenvalue weighted by molar-refractivity contribution is -0.127. The van der Waals surface area contributed by atoms with Crippen molar-refractivity contribution in [1.29, 1.82) is 0 Å². The lowest BCUT2D eigenvalue weighted by Gasteiger charge is -2.48. The monoisotopic (exact) mass is 400 g/mol. The van der Waals surface area contributed by atoms with Crippen LogP contribution in [-0.2, 0) is 14.4 Å². The fourth-order valence-electron chi connectivity index (χ4n) is 3.98. The molecule has 2 heterocycles. The van der Waals surface area contributed by atoms with Crippen LogP contribution < -0.4 is 15.5 Å². The van der Waals surface area contributed by atoms with Crippen molar-refractivity contribution in [2.24, 2.45) is 0 Å². The molecule has 1 saturated heterocycles. The standard InChI is InChI=1S/C21H28N4O4/c1-20(2,3)23-17(27)13-22-16(26)10-12-24-19(29)14-7-5-6-8-15(14)25-18(28)9-11-21(24,25)4/h5-8H,9-13H2,1-4H3,(H,22,26)(H,23,27)/t21-/m1/s1. The SMILES string of the molecule is CC(C)(C)NC(=O)CNC(=O)CCN1C(=O)c2ccccc2N2C(=O)CC[C@]12C. The van der Waals surface area contributed by atoms with Gasteiger partial charge in [-0.2, -0.15) is 0 Å². The Morgan fingerprint density at radius 1 is 1.14 bits per heavy atom. The number of nitrogens with one attached hydrogen (secondary N) is 2. The lowest BCUT2D eigenvalue weighted by Crippen LogP contribution is -2.62. The number of hydrogen-bond donors (Lipinski definition) is 2. The van der Waals surface area contributed by atoms with E-state index in [0.29, 0.717) is 24.1 Å². The number of hydrogen-bond acceptors (Lipinski definition) is 4. The summed E-state index contributed by atoms with van der Waals surface area (Å²) in [5.41, 5.74) is -0.0678. The van der Waals surface area contributed by atoms with Crippen LogP contribution in [0.3, 0.4) is 0 Å². The molecule has 1 aromatic rings. The number of carbonyl (C=O) groups excluding carboxylic acids is 4. The van der Waals surface area contributed by atoms with Gasteiger partial charge in [-0.3, -0.25) is 24.1 Å². The van der Waals surface area contributed by atoms with Crippen LogP contribution in [-0.4, -0.2) is 52.8 Å². The summed E-state index contributed by atoms with van der Waals surface area (Å²) in [6.07, 6.45) is 0.920. The molecule has 29 heavy (non-hydrogen) atoms. The van der Waals surface area contributed by atoms with E-state index < -0.39 is 5.66 Å². The minimum absolute atomic E-state index is 0.0271. The maximum Gasteiger partial charge on any atom is 0.257 e.